The first-order chi connectivity index (χ1) is 4.46. The summed E-state index contributed by atoms with van der Waals surface area (Å²) >= 11 is 0. The molecule has 0 aromatic rings. The summed E-state index contributed by atoms with van der Waals surface area (Å²) < 4.78 is 2.64. The molecular weight excluding hydrogens is 138 g/mol. The van der Waals surface area contributed by atoms with Gasteiger partial charge in [-0.2, -0.15) is 0 Å². The molecule has 0 amide bonds. The van der Waals surface area contributed by atoms with Gasteiger partial charge in [-0.3, -0.25) is 0 Å². The maximum atomic E-state index is 2.64. The zero-order valence-electron chi connectivity index (χ0n) is 8.18. The van der Waals surface area contributed by atoms with Gasteiger partial charge in [0.1, 0.15) is 8.96 Å². The predicted molar refractivity (Wildman–Crippen MR) is 51.0 cm³/mol. The van der Waals surface area contributed by atoms with E-state index >= 15 is 0 Å². The van der Waals surface area contributed by atoms with Crippen LogP contribution in [0.1, 0.15) is 27.7 Å². The molecule has 0 fully saturated rings. The molecule has 0 radical (unpaired) electrons. The quantitative estimate of drug-likeness (QED) is 0.570. The monoisotopic (exact) mass is 159 g/mol. The predicted octanol–water partition coefficient (Wildman–Crippen LogP) is 2.09. The first kappa shape index (κ1) is 10.2. The molecule has 0 unspecified atom stereocenters. The van der Waals surface area contributed by atoms with Gasteiger partial charge in [-0.05, 0) is 12.1 Å². The van der Waals surface area contributed by atoms with Crippen LogP contribution in [-0.4, -0.2) is 25.6 Å². The van der Waals surface area contributed by atoms with Gasteiger partial charge in [0, 0.05) is 0 Å². The fraction of sp³-hybridized carbons (Fsp3) is 1.00. The third-order valence-electron chi connectivity index (χ3n) is 1.79. The number of hydrogen-bond acceptors (Lipinski definition) is 1. The smallest absolute Gasteiger partial charge is 0.106 e. The Kier molecular flexibility index (Phi) is 4.21. The van der Waals surface area contributed by atoms with Gasteiger partial charge < -0.3 is 4.57 Å². The molecule has 0 rings (SSSR count). The van der Waals surface area contributed by atoms with Gasteiger partial charge in [-0.1, -0.05) is 40.8 Å². The highest BCUT2D eigenvalue weighted by atomic mass is 28.3. The summed E-state index contributed by atoms with van der Waals surface area (Å²) in [5.41, 5.74) is 0. The molecule has 0 spiro atoms. The Morgan fingerprint density at radius 1 is 0.900 bits per heavy atom. The van der Waals surface area contributed by atoms with Crippen molar-refractivity contribution >= 4 is 8.96 Å². The molecule has 62 valence electrons. The summed E-state index contributed by atoms with van der Waals surface area (Å²) in [6, 6.07) is 1.46. The maximum absolute atomic E-state index is 2.64. The van der Waals surface area contributed by atoms with Crippen molar-refractivity contribution in [1.29, 1.82) is 0 Å². The highest BCUT2D eigenvalue weighted by molar-refractivity contribution is 6.52. The Hall–Kier alpha value is 0.177. The van der Waals surface area contributed by atoms with Crippen LogP contribution in [0, 0.1) is 0 Å². The van der Waals surface area contributed by atoms with Gasteiger partial charge in [0.05, 0.1) is 0 Å². The lowest BCUT2D eigenvalue weighted by Gasteiger charge is -2.33. The zero-order valence-corrected chi connectivity index (χ0v) is 9.33. The van der Waals surface area contributed by atoms with Gasteiger partial charge in [0.25, 0.3) is 0 Å². The summed E-state index contributed by atoms with van der Waals surface area (Å²) in [6.07, 6.45) is 0. The van der Waals surface area contributed by atoms with Gasteiger partial charge in [0.15, 0.2) is 0 Å². The van der Waals surface area contributed by atoms with E-state index in [9.17, 15) is 0 Å². The van der Waals surface area contributed by atoms with Crippen LogP contribution in [-0.2, 0) is 0 Å². The summed E-state index contributed by atoms with van der Waals surface area (Å²) in [6.45, 7) is 13.9. The highest BCUT2D eigenvalue weighted by Gasteiger charge is 2.16. The van der Waals surface area contributed by atoms with Gasteiger partial charge >= 0.3 is 0 Å². The minimum Gasteiger partial charge on any atom is -0.322 e. The normalized spacial score (nSPS) is 12.6. The van der Waals surface area contributed by atoms with E-state index in [4.69, 9.17) is 0 Å². The topological polar surface area (TPSA) is 3.24 Å². The fourth-order valence-corrected chi connectivity index (χ4v) is 4.17. The van der Waals surface area contributed by atoms with Crippen LogP contribution >= 0.6 is 0 Å². The van der Waals surface area contributed by atoms with Crippen LogP contribution in [0.3, 0.4) is 0 Å². The van der Waals surface area contributed by atoms with Crippen LogP contribution in [0.25, 0.3) is 0 Å². The van der Waals surface area contributed by atoms with E-state index in [1.165, 1.54) is 0 Å². The molecule has 0 saturated carbocycles. The molecule has 0 saturated heterocycles. The van der Waals surface area contributed by atoms with Gasteiger partial charge in [-0.25, -0.2) is 0 Å². The van der Waals surface area contributed by atoms with Crippen molar-refractivity contribution in [3.63, 3.8) is 0 Å². The minimum atomic E-state index is -0.568. The zero-order chi connectivity index (χ0) is 8.31. The highest BCUT2D eigenvalue weighted by Crippen LogP contribution is 2.06. The molecule has 10 heavy (non-hydrogen) atoms. The lowest BCUT2D eigenvalue weighted by atomic mass is 10.3. The summed E-state index contributed by atoms with van der Waals surface area (Å²) in [7, 11) is -0.568. The molecule has 0 aliphatic heterocycles. The van der Waals surface area contributed by atoms with E-state index in [0.29, 0.717) is 0 Å². The molecule has 0 aliphatic rings. The van der Waals surface area contributed by atoms with Crippen molar-refractivity contribution in [2.24, 2.45) is 0 Å². The minimum absolute atomic E-state index is 0.568. The van der Waals surface area contributed by atoms with Crippen LogP contribution in [0.5, 0.6) is 0 Å². The van der Waals surface area contributed by atoms with E-state index < -0.39 is 8.96 Å². The molecule has 1 nitrogen and oxygen atoms in total. The van der Waals surface area contributed by atoms with Crippen molar-refractivity contribution in [2.45, 2.75) is 52.9 Å². The SMILES string of the molecule is CC(C)N(C(C)C)[SiH](C)C. The molecule has 0 aromatic heterocycles. The first-order valence-corrected chi connectivity index (χ1v) is 7.06. The average molecular weight is 159 g/mol. The summed E-state index contributed by atoms with van der Waals surface area (Å²) in [5, 5.41) is 0. The lowest BCUT2D eigenvalue weighted by Crippen LogP contribution is -2.44. The molecule has 0 atom stereocenters. The summed E-state index contributed by atoms with van der Waals surface area (Å²) in [5.74, 6) is 0. The lowest BCUT2D eigenvalue weighted by molar-refractivity contribution is 0.305. The Balaban J connectivity index is 3.98. The van der Waals surface area contributed by atoms with Crippen molar-refractivity contribution in [1.82, 2.24) is 4.57 Å². The van der Waals surface area contributed by atoms with Crippen LogP contribution in [0.15, 0.2) is 0 Å². The van der Waals surface area contributed by atoms with E-state index in [0.717, 1.165) is 12.1 Å². The fourth-order valence-electron chi connectivity index (χ4n) is 1.79. The average Bonchev–Trinajstić information content (AvgIpc) is 1.59. The van der Waals surface area contributed by atoms with E-state index in [1.807, 2.05) is 0 Å². The number of nitrogens with zero attached hydrogens (tertiary/aromatic N) is 1. The summed E-state index contributed by atoms with van der Waals surface area (Å²) in [4.78, 5) is 0. The van der Waals surface area contributed by atoms with E-state index in [2.05, 4.69) is 45.4 Å². The first-order valence-electron chi connectivity index (χ1n) is 4.24. The van der Waals surface area contributed by atoms with Crippen LogP contribution < -0.4 is 0 Å². The third-order valence-corrected chi connectivity index (χ3v) is 4.17. The molecule has 0 bridgehead atoms. The largest absolute Gasteiger partial charge is 0.322 e. The second-order valence-corrected chi connectivity index (χ2v) is 6.51. The third kappa shape index (κ3) is 2.84. The van der Waals surface area contributed by atoms with Crippen LogP contribution in [0.2, 0.25) is 13.1 Å². The molecular formula is C8H21NSi. The second-order valence-electron chi connectivity index (χ2n) is 3.73. The van der Waals surface area contributed by atoms with Gasteiger partial charge in [-0.15, -0.1) is 0 Å². The Morgan fingerprint density at radius 3 is 1.20 bits per heavy atom. The second kappa shape index (κ2) is 4.14. The molecule has 0 N–H and O–H groups in total. The van der Waals surface area contributed by atoms with Gasteiger partial charge in [0.2, 0.25) is 0 Å². The van der Waals surface area contributed by atoms with Crippen molar-refractivity contribution < 1.29 is 0 Å². The number of rotatable bonds is 3. The standard InChI is InChI=1S/C8H21NSi/c1-7(2)9(8(3)4)10(5)6/h7-8,10H,1-6H3. The Bertz CT molecular complexity index is 70.2. The Morgan fingerprint density at radius 2 is 1.20 bits per heavy atom. The molecule has 0 heterocycles. The molecule has 0 aliphatic carbocycles. The van der Waals surface area contributed by atoms with Crippen LogP contribution in [0.4, 0.5) is 0 Å². The molecule has 2 heteroatoms. The maximum Gasteiger partial charge on any atom is 0.106 e. The number of hydrogen-bond donors (Lipinski definition) is 0. The molecule has 0 aromatic carbocycles. The van der Waals surface area contributed by atoms with Crippen molar-refractivity contribution in [3.8, 4) is 0 Å². The van der Waals surface area contributed by atoms with Crippen molar-refractivity contribution in [2.75, 3.05) is 0 Å². The Labute approximate surface area is 67.1 Å². The van der Waals surface area contributed by atoms with E-state index in [-0.39, 0.29) is 0 Å². The van der Waals surface area contributed by atoms with Crippen molar-refractivity contribution in [3.05, 3.63) is 0 Å². The van der Waals surface area contributed by atoms with E-state index in [1.54, 1.807) is 0 Å².